The van der Waals surface area contributed by atoms with Crippen molar-refractivity contribution in [3.05, 3.63) is 41.4 Å². The molecular weight excluding hydrogens is 285 g/mol. The molecule has 1 saturated carbocycles. The molecule has 0 unspecified atom stereocenters. The van der Waals surface area contributed by atoms with E-state index in [9.17, 15) is 19.1 Å². The summed E-state index contributed by atoms with van der Waals surface area (Å²) in [4.78, 5) is 25.8. The van der Waals surface area contributed by atoms with Crippen molar-refractivity contribution < 1.29 is 19.1 Å². The molecular formula is C17H18FNO3. The maximum atomic E-state index is 13.1. The van der Waals surface area contributed by atoms with Gasteiger partial charge in [0.25, 0.3) is 5.91 Å². The first-order valence-electron chi connectivity index (χ1n) is 7.54. The van der Waals surface area contributed by atoms with Crippen molar-refractivity contribution in [3.8, 4) is 0 Å². The number of amides is 1. The number of ketones is 1. The fourth-order valence-electron chi connectivity index (χ4n) is 3.60. The first-order chi connectivity index (χ1) is 10.5. The number of hydrogen-bond donors (Lipinski definition) is 1. The highest BCUT2D eigenvalue weighted by Crippen LogP contribution is 2.40. The Kier molecular flexibility index (Phi) is 3.72. The Morgan fingerprint density at radius 1 is 1.23 bits per heavy atom. The van der Waals surface area contributed by atoms with Gasteiger partial charge in [-0.05, 0) is 49.9 Å². The van der Waals surface area contributed by atoms with E-state index in [1.165, 1.54) is 36.1 Å². The monoisotopic (exact) mass is 303 g/mol. The van der Waals surface area contributed by atoms with Crippen LogP contribution in [0.15, 0.2) is 35.6 Å². The number of carbonyl (C=O) groups is 2. The van der Waals surface area contributed by atoms with Crippen LogP contribution in [0.2, 0.25) is 0 Å². The molecule has 1 aromatic rings. The van der Waals surface area contributed by atoms with Crippen LogP contribution in [0.5, 0.6) is 0 Å². The molecule has 5 heteroatoms. The molecule has 0 saturated heterocycles. The topological polar surface area (TPSA) is 57.6 Å². The van der Waals surface area contributed by atoms with Gasteiger partial charge in [0.1, 0.15) is 5.82 Å². The standard InChI is InChI=1S/C17H18FNO3/c1-10(20)14-15(11-4-2-3-5-11)19(17(22)16(14)21)13-8-6-12(18)7-9-13/h6-9,11,15,21H,2-5H2,1H3/t15-/m1/s1. The fourth-order valence-corrected chi connectivity index (χ4v) is 3.60. The molecule has 4 nitrogen and oxygen atoms in total. The third-order valence-corrected chi connectivity index (χ3v) is 4.58. The second-order valence-electron chi connectivity index (χ2n) is 5.96. The van der Waals surface area contributed by atoms with E-state index < -0.39 is 23.5 Å². The Labute approximate surface area is 128 Å². The molecule has 1 N–H and O–H groups in total. The van der Waals surface area contributed by atoms with Gasteiger partial charge >= 0.3 is 0 Å². The number of Topliss-reactive ketones (excluding diaryl/α,β-unsaturated/α-hetero) is 1. The number of hydrogen-bond acceptors (Lipinski definition) is 3. The molecule has 2 aliphatic rings. The van der Waals surface area contributed by atoms with Crippen molar-refractivity contribution in [2.75, 3.05) is 4.90 Å². The van der Waals surface area contributed by atoms with Gasteiger partial charge in [-0.15, -0.1) is 0 Å². The van der Waals surface area contributed by atoms with E-state index in [2.05, 4.69) is 0 Å². The first-order valence-corrected chi connectivity index (χ1v) is 7.54. The molecule has 0 radical (unpaired) electrons. The zero-order chi connectivity index (χ0) is 15.9. The molecule has 1 aliphatic heterocycles. The Morgan fingerprint density at radius 3 is 2.36 bits per heavy atom. The molecule has 0 spiro atoms. The maximum absolute atomic E-state index is 13.1. The molecule has 0 bridgehead atoms. The summed E-state index contributed by atoms with van der Waals surface area (Å²) in [5.41, 5.74) is 0.701. The van der Waals surface area contributed by atoms with Crippen LogP contribution < -0.4 is 4.90 Å². The predicted molar refractivity (Wildman–Crippen MR) is 80.0 cm³/mol. The predicted octanol–water partition coefficient (Wildman–Crippen LogP) is 3.13. The minimum absolute atomic E-state index is 0.151. The summed E-state index contributed by atoms with van der Waals surface area (Å²) in [6.45, 7) is 1.37. The zero-order valence-corrected chi connectivity index (χ0v) is 12.4. The number of anilines is 1. The smallest absolute Gasteiger partial charge is 0.294 e. The molecule has 1 aliphatic carbocycles. The van der Waals surface area contributed by atoms with E-state index in [1.54, 1.807) is 0 Å². The number of aliphatic hydroxyl groups excluding tert-OH is 1. The Balaban J connectivity index is 2.06. The highest BCUT2D eigenvalue weighted by atomic mass is 19.1. The minimum Gasteiger partial charge on any atom is -0.503 e. The average molecular weight is 303 g/mol. The average Bonchev–Trinajstić information content (AvgIpc) is 3.08. The Hall–Kier alpha value is -2.17. The second-order valence-corrected chi connectivity index (χ2v) is 5.96. The summed E-state index contributed by atoms with van der Waals surface area (Å²) < 4.78 is 13.1. The van der Waals surface area contributed by atoms with Gasteiger partial charge in [-0.25, -0.2) is 4.39 Å². The Bertz CT molecular complexity index is 644. The van der Waals surface area contributed by atoms with Crippen molar-refractivity contribution in [2.45, 2.75) is 38.6 Å². The summed E-state index contributed by atoms with van der Waals surface area (Å²) in [6.07, 6.45) is 3.94. The van der Waals surface area contributed by atoms with Crippen LogP contribution in [-0.2, 0) is 9.59 Å². The summed E-state index contributed by atoms with van der Waals surface area (Å²) in [6, 6.07) is 5.11. The van der Waals surface area contributed by atoms with Gasteiger partial charge in [0, 0.05) is 5.69 Å². The van der Waals surface area contributed by atoms with Crippen molar-refractivity contribution in [2.24, 2.45) is 5.92 Å². The quantitative estimate of drug-likeness (QED) is 0.933. The van der Waals surface area contributed by atoms with Gasteiger partial charge in [0.2, 0.25) is 0 Å². The van der Waals surface area contributed by atoms with Crippen LogP contribution in [0.3, 0.4) is 0 Å². The lowest BCUT2D eigenvalue weighted by atomic mass is 9.90. The molecule has 22 heavy (non-hydrogen) atoms. The van der Waals surface area contributed by atoms with Crippen LogP contribution in [0, 0.1) is 11.7 Å². The Morgan fingerprint density at radius 2 is 1.82 bits per heavy atom. The van der Waals surface area contributed by atoms with Gasteiger partial charge < -0.3 is 5.11 Å². The lowest BCUT2D eigenvalue weighted by Gasteiger charge is -2.30. The maximum Gasteiger partial charge on any atom is 0.294 e. The van der Waals surface area contributed by atoms with Crippen LogP contribution in [0.4, 0.5) is 10.1 Å². The first kappa shape index (κ1) is 14.8. The minimum atomic E-state index is -0.575. The second kappa shape index (κ2) is 5.55. The van der Waals surface area contributed by atoms with E-state index in [-0.39, 0.29) is 17.3 Å². The number of aliphatic hydroxyl groups is 1. The molecule has 116 valence electrons. The summed E-state index contributed by atoms with van der Waals surface area (Å²) in [7, 11) is 0. The highest BCUT2D eigenvalue weighted by Gasteiger charge is 2.46. The van der Waals surface area contributed by atoms with E-state index in [4.69, 9.17) is 0 Å². The zero-order valence-electron chi connectivity index (χ0n) is 12.4. The summed E-state index contributed by atoms with van der Waals surface area (Å²) in [5, 5.41) is 10.1. The van der Waals surface area contributed by atoms with Crippen molar-refractivity contribution >= 4 is 17.4 Å². The van der Waals surface area contributed by atoms with E-state index in [1.807, 2.05) is 0 Å². The summed E-state index contributed by atoms with van der Waals surface area (Å²) >= 11 is 0. The van der Waals surface area contributed by atoms with Crippen molar-refractivity contribution in [3.63, 3.8) is 0 Å². The third kappa shape index (κ3) is 2.30. The fraction of sp³-hybridized carbons (Fsp3) is 0.412. The molecule has 1 amide bonds. The van der Waals surface area contributed by atoms with Gasteiger partial charge in [-0.3, -0.25) is 14.5 Å². The normalized spacial score (nSPS) is 22.7. The molecule has 1 heterocycles. The molecule has 0 aromatic heterocycles. The summed E-state index contributed by atoms with van der Waals surface area (Å²) in [5.74, 6) is -1.57. The van der Waals surface area contributed by atoms with E-state index >= 15 is 0 Å². The van der Waals surface area contributed by atoms with Gasteiger partial charge in [-0.2, -0.15) is 0 Å². The molecule has 3 rings (SSSR count). The lowest BCUT2D eigenvalue weighted by molar-refractivity contribution is -0.117. The number of nitrogens with zero attached hydrogens (tertiary/aromatic N) is 1. The number of carbonyl (C=O) groups excluding carboxylic acids is 2. The SMILES string of the molecule is CC(=O)C1=C(O)C(=O)N(c2ccc(F)cc2)[C@@H]1C1CCCC1. The van der Waals surface area contributed by atoms with Crippen LogP contribution in [0.1, 0.15) is 32.6 Å². The number of rotatable bonds is 3. The van der Waals surface area contributed by atoms with Gasteiger partial charge in [0.15, 0.2) is 11.5 Å². The lowest BCUT2D eigenvalue weighted by Crippen LogP contribution is -2.41. The number of halogens is 1. The molecule has 1 fully saturated rings. The van der Waals surface area contributed by atoms with E-state index in [0.29, 0.717) is 5.69 Å². The van der Waals surface area contributed by atoms with Crippen molar-refractivity contribution in [1.82, 2.24) is 0 Å². The largest absolute Gasteiger partial charge is 0.503 e. The third-order valence-electron chi connectivity index (χ3n) is 4.58. The van der Waals surface area contributed by atoms with Crippen LogP contribution in [-0.4, -0.2) is 22.8 Å². The highest BCUT2D eigenvalue weighted by molar-refractivity contribution is 6.16. The molecule has 1 atom stereocenters. The van der Waals surface area contributed by atoms with E-state index in [0.717, 1.165) is 25.7 Å². The van der Waals surface area contributed by atoms with Crippen LogP contribution >= 0.6 is 0 Å². The van der Waals surface area contributed by atoms with Crippen molar-refractivity contribution in [1.29, 1.82) is 0 Å². The van der Waals surface area contributed by atoms with Gasteiger partial charge in [0.05, 0.1) is 11.6 Å². The molecule has 1 aromatic carbocycles. The number of benzene rings is 1. The van der Waals surface area contributed by atoms with Gasteiger partial charge in [-0.1, -0.05) is 12.8 Å². The van der Waals surface area contributed by atoms with Crippen LogP contribution in [0.25, 0.3) is 0 Å².